The van der Waals surface area contributed by atoms with E-state index in [9.17, 15) is 4.79 Å². The van der Waals surface area contributed by atoms with Crippen molar-refractivity contribution in [1.82, 2.24) is 9.88 Å². The maximum Gasteiger partial charge on any atom is 0.232 e. The molecule has 2 heterocycles. The zero-order valence-electron chi connectivity index (χ0n) is 17.0. The van der Waals surface area contributed by atoms with E-state index in [1.807, 2.05) is 17.9 Å². The van der Waals surface area contributed by atoms with E-state index in [2.05, 4.69) is 54.4 Å². The number of amides is 1. The molecule has 0 N–H and O–H groups in total. The molecule has 0 radical (unpaired) electrons. The number of benzene rings is 2. The van der Waals surface area contributed by atoms with Crippen molar-refractivity contribution in [2.45, 2.75) is 39.0 Å². The Bertz CT molecular complexity index is 994. The Balaban J connectivity index is 1.32. The second-order valence-corrected chi connectivity index (χ2v) is 8.38. The molecule has 0 saturated carbocycles. The third-order valence-corrected chi connectivity index (χ3v) is 6.38. The van der Waals surface area contributed by atoms with E-state index in [0.717, 1.165) is 42.9 Å². The maximum absolute atomic E-state index is 12.6. The fourth-order valence-electron chi connectivity index (χ4n) is 3.60. The molecule has 4 nitrogen and oxygen atoms in total. The lowest BCUT2D eigenvalue weighted by molar-refractivity contribution is -0.129. The van der Waals surface area contributed by atoms with Crippen LogP contribution in [0.3, 0.4) is 0 Å². The number of hydrogen-bond acceptors (Lipinski definition) is 4. The molecule has 2 aromatic carbocycles. The Morgan fingerprint density at radius 3 is 2.66 bits per heavy atom. The molecule has 0 aliphatic carbocycles. The smallest absolute Gasteiger partial charge is 0.232 e. The Kier molecular flexibility index (Phi) is 6.05. The van der Waals surface area contributed by atoms with Gasteiger partial charge in [0, 0.05) is 24.4 Å². The number of fused-ring (bicyclic) bond motifs is 1. The molecule has 0 bridgehead atoms. The molecule has 0 saturated heterocycles. The SMILES string of the molecule is CCc1ccc(-c2nc(CSCC(=O)N3CCc4ccccc4C3)c(C)o2)cc1. The van der Waals surface area contributed by atoms with Crippen molar-refractivity contribution in [2.24, 2.45) is 0 Å². The zero-order valence-corrected chi connectivity index (χ0v) is 17.8. The standard InChI is InChI=1S/C24H26N2O2S/c1-3-18-8-10-20(11-9-18)24-25-22(17(2)28-24)15-29-16-23(27)26-13-12-19-6-4-5-7-21(19)14-26/h4-11H,3,12-16H2,1-2H3. The lowest BCUT2D eigenvalue weighted by Crippen LogP contribution is -2.37. The van der Waals surface area contributed by atoms with Crippen LogP contribution >= 0.6 is 11.8 Å². The fourth-order valence-corrected chi connectivity index (χ4v) is 4.52. The van der Waals surface area contributed by atoms with Gasteiger partial charge in [-0.1, -0.05) is 43.3 Å². The summed E-state index contributed by atoms with van der Waals surface area (Å²) in [5.74, 6) is 2.82. The minimum atomic E-state index is 0.195. The van der Waals surface area contributed by atoms with Crippen LogP contribution in [-0.2, 0) is 29.9 Å². The van der Waals surface area contributed by atoms with Crippen LogP contribution in [0.5, 0.6) is 0 Å². The summed E-state index contributed by atoms with van der Waals surface area (Å²) in [6, 6.07) is 16.7. The molecule has 1 amide bonds. The third-order valence-electron chi connectivity index (χ3n) is 5.45. The molecule has 0 spiro atoms. The Morgan fingerprint density at radius 1 is 1.14 bits per heavy atom. The van der Waals surface area contributed by atoms with Gasteiger partial charge in [-0.15, -0.1) is 11.8 Å². The van der Waals surface area contributed by atoms with Crippen molar-refractivity contribution >= 4 is 17.7 Å². The van der Waals surface area contributed by atoms with Crippen molar-refractivity contribution in [3.05, 3.63) is 76.7 Å². The first-order chi connectivity index (χ1) is 14.1. The van der Waals surface area contributed by atoms with E-state index < -0.39 is 0 Å². The molecule has 3 aromatic rings. The highest BCUT2D eigenvalue weighted by Crippen LogP contribution is 2.25. The number of hydrogen-bond donors (Lipinski definition) is 0. The zero-order chi connectivity index (χ0) is 20.2. The van der Waals surface area contributed by atoms with Crippen LogP contribution in [0, 0.1) is 6.92 Å². The third kappa shape index (κ3) is 4.56. The van der Waals surface area contributed by atoms with E-state index in [1.165, 1.54) is 16.7 Å². The normalized spacial score (nSPS) is 13.4. The predicted octanol–water partition coefficient (Wildman–Crippen LogP) is 5.03. The lowest BCUT2D eigenvalue weighted by atomic mass is 10.00. The summed E-state index contributed by atoms with van der Waals surface area (Å²) in [5, 5.41) is 0. The molecular weight excluding hydrogens is 380 g/mol. The van der Waals surface area contributed by atoms with Crippen LogP contribution in [-0.4, -0.2) is 28.1 Å². The van der Waals surface area contributed by atoms with Crippen LogP contribution in [0.4, 0.5) is 0 Å². The minimum absolute atomic E-state index is 0.195. The highest BCUT2D eigenvalue weighted by atomic mass is 32.2. The second kappa shape index (κ2) is 8.87. The molecule has 0 fully saturated rings. The number of rotatable bonds is 6. The second-order valence-electron chi connectivity index (χ2n) is 7.40. The summed E-state index contributed by atoms with van der Waals surface area (Å²) in [4.78, 5) is 19.3. The Morgan fingerprint density at radius 2 is 1.90 bits per heavy atom. The van der Waals surface area contributed by atoms with Crippen molar-refractivity contribution in [2.75, 3.05) is 12.3 Å². The highest BCUT2D eigenvalue weighted by molar-refractivity contribution is 7.99. The van der Waals surface area contributed by atoms with E-state index in [0.29, 0.717) is 17.4 Å². The lowest BCUT2D eigenvalue weighted by Gasteiger charge is -2.28. The van der Waals surface area contributed by atoms with Gasteiger partial charge in [-0.2, -0.15) is 0 Å². The van der Waals surface area contributed by atoms with Crippen LogP contribution in [0.15, 0.2) is 52.9 Å². The fraction of sp³-hybridized carbons (Fsp3) is 0.333. The van der Waals surface area contributed by atoms with Crippen LogP contribution in [0.2, 0.25) is 0 Å². The molecular formula is C24H26N2O2S. The first-order valence-corrected chi connectivity index (χ1v) is 11.3. The van der Waals surface area contributed by atoms with Crippen LogP contribution in [0.1, 0.15) is 35.1 Å². The summed E-state index contributed by atoms with van der Waals surface area (Å²) in [6.45, 7) is 5.60. The summed E-state index contributed by atoms with van der Waals surface area (Å²) in [7, 11) is 0. The van der Waals surface area contributed by atoms with Crippen molar-refractivity contribution in [3.63, 3.8) is 0 Å². The molecule has 150 valence electrons. The summed E-state index contributed by atoms with van der Waals surface area (Å²) in [5.41, 5.74) is 5.84. The molecule has 0 unspecified atom stereocenters. The van der Waals surface area contributed by atoms with Gasteiger partial charge in [-0.25, -0.2) is 4.98 Å². The number of aryl methyl sites for hydroxylation is 2. The van der Waals surface area contributed by atoms with Gasteiger partial charge in [0.05, 0.1) is 11.4 Å². The van der Waals surface area contributed by atoms with Gasteiger partial charge in [0.25, 0.3) is 0 Å². The number of carbonyl (C=O) groups is 1. The quantitative estimate of drug-likeness (QED) is 0.576. The highest BCUT2D eigenvalue weighted by Gasteiger charge is 2.20. The van der Waals surface area contributed by atoms with Crippen molar-refractivity contribution < 1.29 is 9.21 Å². The number of thioether (sulfide) groups is 1. The molecule has 29 heavy (non-hydrogen) atoms. The topological polar surface area (TPSA) is 46.3 Å². The van der Waals surface area contributed by atoms with Gasteiger partial charge < -0.3 is 9.32 Å². The van der Waals surface area contributed by atoms with Gasteiger partial charge in [-0.3, -0.25) is 4.79 Å². The van der Waals surface area contributed by atoms with Gasteiger partial charge in [0.1, 0.15) is 5.76 Å². The number of nitrogens with zero attached hydrogens (tertiary/aromatic N) is 2. The monoisotopic (exact) mass is 406 g/mol. The van der Waals surface area contributed by atoms with Crippen LogP contribution in [0.25, 0.3) is 11.5 Å². The average molecular weight is 407 g/mol. The van der Waals surface area contributed by atoms with Crippen molar-refractivity contribution in [3.8, 4) is 11.5 Å². The first kappa shape index (κ1) is 19.8. The molecule has 1 aliphatic heterocycles. The molecule has 1 aromatic heterocycles. The predicted molar refractivity (Wildman–Crippen MR) is 118 cm³/mol. The van der Waals surface area contributed by atoms with Crippen molar-refractivity contribution in [1.29, 1.82) is 0 Å². The number of oxazole rings is 1. The Hall–Kier alpha value is -2.53. The van der Waals surface area contributed by atoms with Gasteiger partial charge in [0.2, 0.25) is 11.8 Å². The average Bonchev–Trinajstić information content (AvgIpc) is 3.14. The molecule has 1 aliphatic rings. The minimum Gasteiger partial charge on any atom is -0.441 e. The summed E-state index contributed by atoms with van der Waals surface area (Å²) < 4.78 is 5.87. The Labute approximate surface area is 176 Å². The first-order valence-electron chi connectivity index (χ1n) is 10.1. The largest absolute Gasteiger partial charge is 0.441 e. The van der Waals surface area contributed by atoms with Crippen LogP contribution < -0.4 is 0 Å². The van der Waals surface area contributed by atoms with Gasteiger partial charge >= 0.3 is 0 Å². The van der Waals surface area contributed by atoms with Gasteiger partial charge in [-0.05, 0) is 48.6 Å². The van der Waals surface area contributed by atoms with E-state index in [-0.39, 0.29) is 5.91 Å². The molecule has 4 rings (SSSR count). The summed E-state index contributed by atoms with van der Waals surface area (Å²) in [6.07, 6.45) is 1.96. The van der Waals surface area contributed by atoms with E-state index >= 15 is 0 Å². The number of carbonyl (C=O) groups excluding carboxylic acids is 1. The maximum atomic E-state index is 12.6. The summed E-state index contributed by atoms with van der Waals surface area (Å²) >= 11 is 1.60. The molecule has 0 atom stereocenters. The van der Waals surface area contributed by atoms with E-state index in [4.69, 9.17) is 4.42 Å². The number of aromatic nitrogens is 1. The van der Waals surface area contributed by atoms with Gasteiger partial charge in [0.15, 0.2) is 0 Å². The van der Waals surface area contributed by atoms with E-state index in [1.54, 1.807) is 11.8 Å². The molecule has 5 heteroatoms.